The maximum atomic E-state index is 12.8. The summed E-state index contributed by atoms with van der Waals surface area (Å²) in [5.74, 6) is 1.41. The Morgan fingerprint density at radius 1 is 1.20 bits per heavy atom. The number of benzene rings is 1. The zero-order valence-corrected chi connectivity index (χ0v) is 12.2. The molecular weight excluding hydrogens is 305 g/mol. The van der Waals surface area contributed by atoms with Crippen LogP contribution in [0, 0.1) is 0 Å². The van der Waals surface area contributed by atoms with Crippen molar-refractivity contribution in [3.05, 3.63) is 42.1 Å². The highest BCUT2D eigenvalue weighted by atomic mass is 32.2. The van der Waals surface area contributed by atoms with Gasteiger partial charge in [-0.15, -0.1) is 11.8 Å². The molecule has 0 atom stereocenters. The molecule has 0 bridgehead atoms. The molecule has 1 aromatic carbocycles. The standard InChI is InChI=1S/C13H13F3N2S2/c14-13(15,16)11-9-12(20-8-4-7-19)18(17-11)10-5-2-1-3-6-10/h1-3,5-6,9,19H,4,7-8H2. The minimum absolute atomic E-state index is 0.491. The summed E-state index contributed by atoms with van der Waals surface area (Å²) in [4.78, 5) is 0. The highest BCUT2D eigenvalue weighted by molar-refractivity contribution is 7.99. The fraction of sp³-hybridized carbons (Fsp3) is 0.308. The minimum Gasteiger partial charge on any atom is -0.227 e. The Morgan fingerprint density at radius 3 is 2.50 bits per heavy atom. The Morgan fingerprint density at radius 2 is 1.90 bits per heavy atom. The molecule has 0 amide bonds. The van der Waals surface area contributed by atoms with E-state index in [9.17, 15) is 13.2 Å². The first-order chi connectivity index (χ1) is 9.52. The van der Waals surface area contributed by atoms with Crippen molar-refractivity contribution in [1.82, 2.24) is 9.78 Å². The number of thiol groups is 1. The monoisotopic (exact) mass is 318 g/mol. The molecule has 1 aromatic heterocycles. The molecular formula is C13H13F3N2S2. The van der Waals surface area contributed by atoms with E-state index >= 15 is 0 Å². The third-order valence-electron chi connectivity index (χ3n) is 2.52. The van der Waals surface area contributed by atoms with E-state index in [0.29, 0.717) is 22.2 Å². The predicted molar refractivity (Wildman–Crippen MR) is 77.8 cm³/mol. The van der Waals surface area contributed by atoms with Gasteiger partial charge < -0.3 is 0 Å². The quantitative estimate of drug-likeness (QED) is 0.503. The molecule has 0 saturated heterocycles. The molecule has 0 radical (unpaired) electrons. The fourth-order valence-electron chi connectivity index (χ4n) is 1.60. The molecule has 20 heavy (non-hydrogen) atoms. The highest BCUT2D eigenvalue weighted by Gasteiger charge is 2.35. The maximum Gasteiger partial charge on any atom is 0.435 e. The number of hydrogen-bond acceptors (Lipinski definition) is 3. The van der Waals surface area contributed by atoms with Gasteiger partial charge in [0.25, 0.3) is 0 Å². The molecule has 108 valence electrons. The minimum atomic E-state index is -4.43. The molecule has 0 aliphatic carbocycles. The number of aromatic nitrogens is 2. The number of rotatable bonds is 5. The highest BCUT2D eigenvalue weighted by Crippen LogP contribution is 2.32. The van der Waals surface area contributed by atoms with Gasteiger partial charge >= 0.3 is 6.18 Å². The van der Waals surface area contributed by atoms with Crippen molar-refractivity contribution in [2.24, 2.45) is 0 Å². The summed E-state index contributed by atoms with van der Waals surface area (Å²) < 4.78 is 39.7. The zero-order chi connectivity index (χ0) is 14.6. The van der Waals surface area contributed by atoms with E-state index in [2.05, 4.69) is 17.7 Å². The van der Waals surface area contributed by atoms with Crippen LogP contribution in [0.2, 0.25) is 0 Å². The number of halogens is 3. The van der Waals surface area contributed by atoms with Gasteiger partial charge in [0, 0.05) is 11.8 Å². The van der Waals surface area contributed by atoms with Gasteiger partial charge in [-0.2, -0.15) is 30.9 Å². The van der Waals surface area contributed by atoms with Gasteiger partial charge in [0.1, 0.15) is 5.03 Å². The van der Waals surface area contributed by atoms with Crippen LogP contribution in [0.4, 0.5) is 13.2 Å². The zero-order valence-electron chi connectivity index (χ0n) is 10.5. The van der Waals surface area contributed by atoms with Crippen LogP contribution < -0.4 is 0 Å². The largest absolute Gasteiger partial charge is 0.435 e. The van der Waals surface area contributed by atoms with Crippen LogP contribution in [0.15, 0.2) is 41.4 Å². The first kappa shape index (κ1) is 15.3. The van der Waals surface area contributed by atoms with Crippen molar-refractivity contribution in [3.8, 4) is 5.69 Å². The van der Waals surface area contributed by atoms with E-state index in [-0.39, 0.29) is 0 Å². The smallest absolute Gasteiger partial charge is 0.227 e. The lowest BCUT2D eigenvalue weighted by atomic mass is 10.3. The van der Waals surface area contributed by atoms with Crippen molar-refractivity contribution >= 4 is 24.4 Å². The van der Waals surface area contributed by atoms with Crippen LogP contribution >= 0.6 is 24.4 Å². The molecule has 0 saturated carbocycles. The van der Waals surface area contributed by atoms with Crippen LogP contribution in [0.5, 0.6) is 0 Å². The number of alkyl halides is 3. The lowest BCUT2D eigenvalue weighted by Gasteiger charge is -2.06. The number of nitrogens with zero attached hydrogens (tertiary/aromatic N) is 2. The van der Waals surface area contributed by atoms with E-state index < -0.39 is 11.9 Å². The van der Waals surface area contributed by atoms with E-state index in [1.54, 1.807) is 24.3 Å². The summed E-state index contributed by atoms with van der Waals surface area (Å²) in [6, 6.07) is 9.91. The summed E-state index contributed by atoms with van der Waals surface area (Å²) >= 11 is 5.45. The summed E-state index contributed by atoms with van der Waals surface area (Å²) in [6.45, 7) is 0. The predicted octanol–water partition coefficient (Wildman–Crippen LogP) is 4.30. The van der Waals surface area contributed by atoms with Gasteiger partial charge in [0.05, 0.1) is 5.69 Å². The van der Waals surface area contributed by atoms with Crippen LogP contribution in [0.1, 0.15) is 12.1 Å². The molecule has 2 nitrogen and oxygen atoms in total. The first-order valence-electron chi connectivity index (χ1n) is 5.98. The molecule has 2 rings (SSSR count). The SMILES string of the molecule is FC(F)(F)c1cc(SCCCS)n(-c2ccccc2)n1. The Labute approximate surface area is 124 Å². The van der Waals surface area contributed by atoms with Crippen LogP contribution in [0.25, 0.3) is 5.69 Å². The van der Waals surface area contributed by atoms with Crippen molar-refractivity contribution in [3.63, 3.8) is 0 Å². The fourth-order valence-corrected chi connectivity index (χ4v) is 2.93. The van der Waals surface area contributed by atoms with Gasteiger partial charge in [-0.05, 0) is 24.3 Å². The van der Waals surface area contributed by atoms with Gasteiger partial charge in [-0.1, -0.05) is 18.2 Å². The average molecular weight is 318 g/mol. The van der Waals surface area contributed by atoms with Crippen molar-refractivity contribution in [2.45, 2.75) is 17.6 Å². The summed E-state index contributed by atoms with van der Waals surface area (Å²) in [5, 5.41) is 4.17. The van der Waals surface area contributed by atoms with Gasteiger partial charge in [-0.3, -0.25) is 0 Å². The van der Waals surface area contributed by atoms with Gasteiger partial charge in [-0.25, -0.2) is 4.68 Å². The molecule has 0 fully saturated rings. The van der Waals surface area contributed by atoms with E-state index in [1.807, 2.05) is 6.07 Å². The summed E-state index contributed by atoms with van der Waals surface area (Å²) in [7, 11) is 0. The third kappa shape index (κ3) is 3.73. The van der Waals surface area contributed by atoms with E-state index in [4.69, 9.17) is 0 Å². The second-order valence-electron chi connectivity index (χ2n) is 4.04. The summed E-state index contributed by atoms with van der Waals surface area (Å²) in [6.07, 6.45) is -3.60. The van der Waals surface area contributed by atoms with E-state index in [0.717, 1.165) is 12.5 Å². The van der Waals surface area contributed by atoms with Gasteiger partial charge in [0.15, 0.2) is 5.69 Å². The van der Waals surface area contributed by atoms with Crippen LogP contribution in [0.3, 0.4) is 0 Å². The summed E-state index contributed by atoms with van der Waals surface area (Å²) in [5.41, 5.74) is -0.244. The number of para-hydroxylation sites is 1. The maximum absolute atomic E-state index is 12.8. The lowest BCUT2D eigenvalue weighted by molar-refractivity contribution is -0.141. The van der Waals surface area contributed by atoms with Crippen LogP contribution in [-0.4, -0.2) is 21.3 Å². The normalized spacial score (nSPS) is 11.8. The van der Waals surface area contributed by atoms with E-state index in [1.165, 1.54) is 16.4 Å². The van der Waals surface area contributed by atoms with Crippen molar-refractivity contribution in [2.75, 3.05) is 11.5 Å². The molecule has 0 unspecified atom stereocenters. The molecule has 1 heterocycles. The average Bonchev–Trinajstić information content (AvgIpc) is 2.84. The molecule has 7 heteroatoms. The Hall–Kier alpha value is -1.08. The van der Waals surface area contributed by atoms with Crippen molar-refractivity contribution < 1.29 is 13.2 Å². The molecule has 0 aliphatic rings. The first-order valence-corrected chi connectivity index (χ1v) is 7.60. The van der Waals surface area contributed by atoms with Crippen molar-refractivity contribution in [1.29, 1.82) is 0 Å². The Bertz CT molecular complexity index is 552. The Kier molecular flexibility index (Phi) is 5.04. The number of thioether (sulfide) groups is 1. The molecule has 0 N–H and O–H groups in total. The van der Waals surface area contributed by atoms with Gasteiger partial charge in [0.2, 0.25) is 0 Å². The van der Waals surface area contributed by atoms with Crippen LogP contribution in [-0.2, 0) is 6.18 Å². The lowest BCUT2D eigenvalue weighted by Crippen LogP contribution is -2.07. The topological polar surface area (TPSA) is 17.8 Å². The second-order valence-corrected chi connectivity index (χ2v) is 5.60. The second kappa shape index (κ2) is 6.58. The molecule has 2 aromatic rings. The Balaban J connectivity index is 2.35. The molecule has 0 aliphatic heterocycles. The molecule has 0 spiro atoms. The third-order valence-corrected chi connectivity index (χ3v) is 3.92. The number of hydrogen-bond donors (Lipinski definition) is 1.